The molecule has 0 aliphatic carbocycles. The van der Waals surface area contributed by atoms with Crippen LogP contribution in [0, 0.1) is 11.6 Å². The van der Waals surface area contributed by atoms with Crippen molar-refractivity contribution in [2.75, 3.05) is 6.61 Å². The molecule has 0 radical (unpaired) electrons. The normalized spacial score (nSPS) is 15.1. The van der Waals surface area contributed by atoms with Crippen molar-refractivity contribution in [1.29, 1.82) is 0 Å². The second-order valence-electron chi connectivity index (χ2n) is 2.77. The molecule has 2 nitrogen and oxygen atoms in total. The number of hydrogen-bond donors (Lipinski definition) is 0. The van der Waals surface area contributed by atoms with Gasteiger partial charge in [-0.25, -0.2) is 13.6 Å². The zero-order valence-electron chi connectivity index (χ0n) is 6.64. The van der Waals surface area contributed by atoms with E-state index in [-0.39, 0.29) is 24.2 Å². The quantitative estimate of drug-likeness (QED) is 0.573. The standard InChI is InChI=1S/C9H6F2O2/c10-7-2-1-6-5(8(7)11)3-4-13-9(6)12/h1-2H,3-4H2. The number of carbonyl (C=O) groups is 1. The molecule has 1 aliphatic heterocycles. The topological polar surface area (TPSA) is 26.3 Å². The number of ether oxygens (including phenoxy) is 1. The Kier molecular flexibility index (Phi) is 1.76. The molecule has 0 unspecified atom stereocenters. The second kappa shape index (κ2) is 2.80. The number of cyclic esters (lactones) is 1. The summed E-state index contributed by atoms with van der Waals surface area (Å²) in [6.45, 7) is 0.117. The molecule has 0 amide bonds. The fraction of sp³-hybridized carbons (Fsp3) is 0.222. The van der Waals surface area contributed by atoms with Crippen LogP contribution in [0.2, 0.25) is 0 Å². The molecule has 1 aromatic rings. The Morgan fingerprint density at radius 1 is 1.31 bits per heavy atom. The Bertz CT molecular complexity index is 374. The van der Waals surface area contributed by atoms with Crippen molar-refractivity contribution in [3.05, 3.63) is 34.9 Å². The molecule has 0 saturated heterocycles. The molecule has 13 heavy (non-hydrogen) atoms. The molecule has 1 heterocycles. The molecular weight excluding hydrogens is 178 g/mol. The third kappa shape index (κ3) is 1.18. The van der Waals surface area contributed by atoms with Gasteiger partial charge in [0.1, 0.15) is 0 Å². The highest BCUT2D eigenvalue weighted by molar-refractivity contribution is 5.92. The minimum atomic E-state index is -0.936. The molecule has 0 bridgehead atoms. The molecule has 68 valence electrons. The average Bonchev–Trinajstić information content (AvgIpc) is 2.12. The first kappa shape index (κ1) is 8.16. The molecular formula is C9H6F2O2. The van der Waals surface area contributed by atoms with Crippen LogP contribution in [-0.2, 0) is 11.2 Å². The Hall–Kier alpha value is -1.45. The highest BCUT2D eigenvalue weighted by atomic mass is 19.2. The summed E-state index contributed by atoms with van der Waals surface area (Å²) in [5.74, 6) is -2.44. The van der Waals surface area contributed by atoms with E-state index in [1.807, 2.05) is 0 Å². The second-order valence-corrected chi connectivity index (χ2v) is 2.77. The zero-order valence-corrected chi connectivity index (χ0v) is 6.64. The van der Waals surface area contributed by atoms with E-state index < -0.39 is 17.6 Å². The molecule has 1 aromatic carbocycles. The lowest BCUT2D eigenvalue weighted by Gasteiger charge is -2.15. The Labute approximate surface area is 73.1 Å². The molecule has 4 heteroatoms. The van der Waals surface area contributed by atoms with Crippen molar-refractivity contribution in [2.45, 2.75) is 6.42 Å². The maximum Gasteiger partial charge on any atom is 0.338 e. The first-order chi connectivity index (χ1) is 6.20. The maximum absolute atomic E-state index is 13.1. The molecule has 0 aromatic heterocycles. The SMILES string of the molecule is O=C1OCCc2c1ccc(F)c2F. The highest BCUT2D eigenvalue weighted by Crippen LogP contribution is 2.21. The van der Waals surface area contributed by atoms with Gasteiger partial charge in [0.05, 0.1) is 12.2 Å². The van der Waals surface area contributed by atoms with Crippen molar-refractivity contribution in [3.63, 3.8) is 0 Å². The maximum atomic E-state index is 13.1. The first-order valence-corrected chi connectivity index (χ1v) is 3.84. The lowest BCUT2D eigenvalue weighted by atomic mass is 10.0. The predicted octanol–water partition coefficient (Wildman–Crippen LogP) is 1.68. The minimum absolute atomic E-state index is 0.117. The van der Waals surface area contributed by atoms with Gasteiger partial charge in [-0.2, -0.15) is 0 Å². The van der Waals surface area contributed by atoms with Gasteiger partial charge in [-0.05, 0) is 12.1 Å². The van der Waals surface area contributed by atoms with Crippen molar-refractivity contribution < 1.29 is 18.3 Å². The van der Waals surface area contributed by atoms with Crippen molar-refractivity contribution in [3.8, 4) is 0 Å². The minimum Gasteiger partial charge on any atom is -0.462 e. The van der Waals surface area contributed by atoms with Crippen LogP contribution in [0.25, 0.3) is 0 Å². The van der Waals surface area contributed by atoms with Crippen molar-refractivity contribution >= 4 is 5.97 Å². The van der Waals surface area contributed by atoms with Gasteiger partial charge in [-0.3, -0.25) is 0 Å². The van der Waals surface area contributed by atoms with E-state index in [1.165, 1.54) is 6.07 Å². The van der Waals surface area contributed by atoms with Crippen LogP contribution < -0.4 is 0 Å². The summed E-state index contributed by atoms with van der Waals surface area (Å²) in [5, 5.41) is 0. The first-order valence-electron chi connectivity index (χ1n) is 3.84. The molecule has 1 aliphatic rings. The van der Waals surface area contributed by atoms with E-state index in [2.05, 4.69) is 4.74 Å². The van der Waals surface area contributed by atoms with Crippen LogP contribution in [0.3, 0.4) is 0 Å². The number of esters is 1. The van der Waals surface area contributed by atoms with Gasteiger partial charge in [0.15, 0.2) is 11.6 Å². The Morgan fingerprint density at radius 2 is 2.08 bits per heavy atom. The Morgan fingerprint density at radius 3 is 2.85 bits per heavy atom. The van der Waals surface area contributed by atoms with Gasteiger partial charge in [-0.1, -0.05) is 0 Å². The van der Waals surface area contributed by atoms with Gasteiger partial charge in [0.25, 0.3) is 0 Å². The third-order valence-electron chi connectivity index (χ3n) is 2.00. The smallest absolute Gasteiger partial charge is 0.338 e. The lowest BCUT2D eigenvalue weighted by Crippen LogP contribution is -2.19. The Balaban J connectivity index is 2.63. The van der Waals surface area contributed by atoms with Crippen LogP contribution >= 0.6 is 0 Å². The predicted molar refractivity (Wildman–Crippen MR) is 40.3 cm³/mol. The summed E-state index contributed by atoms with van der Waals surface area (Å²) in [6, 6.07) is 2.18. The molecule has 2 rings (SSSR count). The lowest BCUT2D eigenvalue weighted by molar-refractivity contribution is 0.0477. The van der Waals surface area contributed by atoms with Crippen LogP contribution in [0.1, 0.15) is 15.9 Å². The summed E-state index contributed by atoms with van der Waals surface area (Å²) in [5.41, 5.74) is 0.251. The fourth-order valence-electron chi connectivity index (χ4n) is 1.35. The molecule has 0 N–H and O–H groups in total. The van der Waals surface area contributed by atoms with Gasteiger partial charge < -0.3 is 4.74 Å². The summed E-state index contributed by atoms with van der Waals surface area (Å²) in [7, 11) is 0. The van der Waals surface area contributed by atoms with Gasteiger partial charge in [0.2, 0.25) is 0 Å². The van der Waals surface area contributed by atoms with E-state index >= 15 is 0 Å². The number of benzene rings is 1. The number of rotatable bonds is 0. The van der Waals surface area contributed by atoms with E-state index in [1.54, 1.807) is 0 Å². The molecule has 0 fully saturated rings. The van der Waals surface area contributed by atoms with Crippen LogP contribution in [-0.4, -0.2) is 12.6 Å². The number of hydrogen-bond acceptors (Lipinski definition) is 2. The van der Waals surface area contributed by atoms with Crippen molar-refractivity contribution in [2.24, 2.45) is 0 Å². The van der Waals surface area contributed by atoms with Crippen molar-refractivity contribution in [1.82, 2.24) is 0 Å². The largest absolute Gasteiger partial charge is 0.462 e. The van der Waals surface area contributed by atoms with Crippen LogP contribution in [0.4, 0.5) is 8.78 Å². The van der Waals surface area contributed by atoms with Gasteiger partial charge >= 0.3 is 5.97 Å². The summed E-state index contributed by atoms with van der Waals surface area (Å²) >= 11 is 0. The number of carbonyl (C=O) groups excluding carboxylic acids is 1. The molecule has 0 spiro atoms. The zero-order chi connectivity index (χ0) is 9.42. The molecule has 0 atom stereocenters. The molecule has 0 saturated carbocycles. The summed E-state index contributed by atoms with van der Waals surface area (Å²) < 4.78 is 30.5. The van der Waals surface area contributed by atoms with E-state index in [0.29, 0.717) is 0 Å². The van der Waals surface area contributed by atoms with Crippen LogP contribution in [0.15, 0.2) is 12.1 Å². The summed E-state index contributed by atoms with van der Waals surface area (Å²) in [4.78, 5) is 11.0. The monoisotopic (exact) mass is 184 g/mol. The average molecular weight is 184 g/mol. The van der Waals surface area contributed by atoms with Crippen LogP contribution in [0.5, 0.6) is 0 Å². The van der Waals surface area contributed by atoms with Gasteiger partial charge in [0, 0.05) is 12.0 Å². The van der Waals surface area contributed by atoms with E-state index in [0.717, 1.165) is 6.07 Å². The van der Waals surface area contributed by atoms with E-state index in [9.17, 15) is 13.6 Å². The number of fused-ring (bicyclic) bond motifs is 1. The van der Waals surface area contributed by atoms with E-state index in [4.69, 9.17) is 0 Å². The number of halogens is 2. The van der Waals surface area contributed by atoms with Gasteiger partial charge in [-0.15, -0.1) is 0 Å². The fourth-order valence-corrected chi connectivity index (χ4v) is 1.35. The highest BCUT2D eigenvalue weighted by Gasteiger charge is 2.23. The third-order valence-corrected chi connectivity index (χ3v) is 2.00. The summed E-state index contributed by atoms with van der Waals surface area (Å²) in [6.07, 6.45) is 0.241.